The summed E-state index contributed by atoms with van der Waals surface area (Å²) in [5, 5.41) is 6.29. The van der Waals surface area contributed by atoms with Crippen molar-refractivity contribution < 1.29 is 4.79 Å². The lowest BCUT2D eigenvalue weighted by molar-refractivity contribution is 0.0948. The van der Waals surface area contributed by atoms with Crippen molar-refractivity contribution in [3.8, 4) is 0 Å². The molecule has 0 bridgehead atoms. The second-order valence-corrected chi connectivity index (χ2v) is 5.40. The molecule has 0 aliphatic heterocycles. The van der Waals surface area contributed by atoms with Crippen LogP contribution in [0.2, 0.25) is 0 Å². The van der Waals surface area contributed by atoms with E-state index in [1.807, 2.05) is 25.1 Å². The Hall–Kier alpha value is -1.51. The highest BCUT2D eigenvalue weighted by molar-refractivity contribution is 5.96. The molecule has 3 heteroatoms. The number of anilines is 1. The van der Waals surface area contributed by atoms with Gasteiger partial charge in [0, 0.05) is 24.3 Å². The molecule has 1 fully saturated rings. The fourth-order valence-electron chi connectivity index (χ4n) is 2.50. The highest BCUT2D eigenvalue weighted by Gasteiger charge is 2.17. The summed E-state index contributed by atoms with van der Waals surface area (Å²) in [5.74, 6) is 0.900. The first-order valence-corrected chi connectivity index (χ1v) is 7.33. The van der Waals surface area contributed by atoms with Gasteiger partial charge in [0.25, 0.3) is 5.91 Å². The average Bonchev–Trinajstić information content (AvgIpc) is 2.32. The van der Waals surface area contributed by atoms with Crippen molar-refractivity contribution in [2.24, 2.45) is 5.92 Å². The SMILES string of the molecule is CCNc1ccc(C(=O)NCCC2CCC2)c(C)c1. The lowest BCUT2D eigenvalue weighted by Gasteiger charge is -2.25. The van der Waals surface area contributed by atoms with Crippen LogP contribution in [-0.2, 0) is 0 Å². The van der Waals surface area contributed by atoms with E-state index in [4.69, 9.17) is 0 Å². The molecule has 0 unspecified atom stereocenters. The number of nitrogens with one attached hydrogen (secondary N) is 2. The van der Waals surface area contributed by atoms with Crippen molar-refractivity contribution in [2.75, 3.05) is 18.4 Å². The molecule has 104 valence electrons. The first-order chi connectivity index (χ1) is 9.20. The van der Waals surface area contributed by atoms with E-state index in [2.05, 4.69) is 17.6 Å². The van der Waals surface area contributed by atoms with Gasteiger partial charge in [0.2, 0.25) is 0 Å². The van der Waals surface area contributed by atoms with Crippen LogP contribution < -0.4 is 10.6 Å². The molecule has 0 heterocycles. The zero-order valence-electron chi connectivity index (χ0n) is 12.0. The van der Waals surface area contributed by atoms with Gasteiger partial charge in [-0.2, -0.15) is 0 Å². The van der Waals surface area contributed by atoms with Gasteiger partial charge in [0.15, 0.2) is 0 Å². The van der Waals surface area contributed by atoms with Crippen molar-refractivity contribution in [2.45, 2.75) is 39.5 Å². The number of carbonyl (C=O) groups is 1. The molecule has 1 saturated carbocycles. The number of benzene rings is 1. The molecule has 1 amide bonds. The summed E-state index contributed by atoms with van der Waals surface area (Å²) in [7, 11) is 0. The highest BCUT2D eigenvalue weighted by atomic mass is 16.1. The summed E-state index contributed by atoms with van der Waals surface area (Å²) in [6.45, 7) is 5.75. The minimum Gasteiger partial charge on any atom is -0.385 e. The van der Waals surface area contributed by atoms with Crippen molar-refractivity contribution in [3.63, 3.8) is 0 Å². The minimum absolute atomic E-state index is 0.0554. The van der Waals surface area contributed by atoms with E-state index in [0.717, 1.165) is 42.2 Å². The van der Waals surface area contributed by atoms with Crippen molar-refractivity contribution in [3.05, 3.63) is 29.3 Å². The molecule has 0 atom stereocenters. The van der Waals surface area contributed by atoms with Gasteiger partial charge in [-0.05, 0) is 49.9 Å². The van der Waals surface area contributed by atoms with Crippen LogP contribution in [0.5, 0.6) is 0 Å². The largest absolute Gasteiger partial charge is 0.385 e. The first-order valence-electron chi connectivity index (χ1n) is 7.33. The molecule has 1 aliphatic rings. The summed E-state index contributed by atoms with van der Waals surface area (Å²) in [4.78, 5) is 12.1. The lowest BCUT2D eigenvalue weighted by Crippen LogP contribution is -2.27. The van der Waals surface area contributed by atoms with Crippen LogP contribution in [0.4, 0.5) is 5.69 Å². The fraction of sp³-hybridized carbons (Fsp3) is 0.562. The van der Waals surface area contributed by atoms with E-state index in [1.165, 1.54) is 19.3 Å². The van der Waals surface area contributed by atoms with E-state index in [0.29, 0.717) is 0 Å². The molecule has 2 rings (SSSR count). The Labute approximate surface area is 115 Å². The van der Waals surface area contributed by atoms with Gasteiger partial charge in [-0.25, -0.2) is 0 Å². The second-order valence-electron chi connectivity index (χ2n) is 5.40. The van der Waals surface area contributed by atoms with Crippen LogP contribution in [0.25, 0.3) is 0 Å². The normalized spacial score (nSPS) is 14.8. The third kappa shape index (κ3) is 3.72. The third-order valence-corrected chi connectivity index (χ3v) is 3.91. The molecular weight excluding hydrogens is 236 g/mol. The summed E-state index contributed by atoms with van der Waals surface area (Å²) in [5.41, 5.74) is 2.89. The number of aryl methyl sites for hydroxylation is 1. The Morgan fingerprint density at radius 1 is 1.37 bits per heavy atom. The standard InChI is InChI=1S/C16H24N2O/c1-3-17-14-7-8-15(12(2)11-14)16(19)18-10-9-13-5-4-6-13/h7-8,11,13,17H,3-6,9-10H2,1-2H3,(H,18,19). The number of carbonyl (C=O) groups excluding carboxylic acids is 1. The second kappa shape index (κ2) is 6.60. The van der Waals surface area contributed by atoms with Gasteiger partial charge in [-0.15, -0.1) is 0 Å². The van der Waals surface area contributed by atoms with E-state index in [9.17, 15) is 4.79 Å². The van der Waals surface area contributed by atoms with Crippen LogP contribution in [0.1, 0.15) is 48.5 Å². The third-order valence-electron chi connectivity index (χ3n) is 3.91. The van der Waals surface area contributed by atoms with Gasteiger partial charge in [0.1, 0.15) is 0 Å². The summed E-state index contributed by atoms with van der Waals surface area (Å²) >= 11 is 0. The van der Waals surface area contributed by atoms with Crippen LogP contribution in [0, 0.1) is 12.8 Å². The van der Waals surface area contributed by atoms with E-state index in [1.54, 1.807) is 0 Å². The average molecular weight is 260 g/mol. The predicted molar refractivity (Wildman–Crippen MR) is 79.6 cm³/mol. The van der Waals surface area contributed by atoms with Crippen LogP contribution >= 0.6 is 0 Å². The Morgan fingerprint density at radius 2 is 2.16 bits per heavy atom. The van der Waals surface area contributed by atoms with Gasteiger partial charge < -0.3 is 10.6 Å². The van der Waals surface area contributed by atoms with Crippen molar-refractivity contribution in [1.82, 2.24) is 5.32 Å². The Bertz CT molecular complexity index is 438. The summed E-state index contributed by atoms with van der Waals surface area (Å²) in [6, 6.07) is 5.91. The van der Waals surface area contributed by atoms with Gasteiger partial charge in [-0.3, -0.25) is 4.79 Å². The molecule has 0 aromatic heterocycles. The number of hydrogen-bond donors (Lipinski definition) is 2. The van der Waals surface area contributed by atoms with Gasteiger partial charge in [-0.1, -0.05) is 19.3 Å². The molecule has 1 aromatic rings. The zero-order valence-corrected chi connectivity index (χ0v) is 12.0. The predicted octanol–water partition coefficient (Wildman–Crippen LogP) is 3.35. The highest BCUT2D eigenvalue weighted by Crippen LogP contribution is 2.28. The molecule has 3 nitrogen and oxygen atoms in total. The molecule has 0 radical (unpaired) electrons. The Balaban J connectivity index is 1.86. The molecule has 0 spiro atoms. The lowest BCUT2D eigenvalue weighted by atomic mass is 9.83. The summed E-state index contributed by atoms with van der Waals surface area (Å²) in [6.07, 6.45) is 5.17. The Kier molecular flexibility index (Phi) is 4.83. The van der Waals surface area contributed by atoms with E-state index < -0.39 is 0 Å². The molecule has 2 N–H and O–H groups in total. The topological polar surface area (TPSA) is 41.1 Å². The van der Waals surface area contributed by atoms with E-state index >= 15 is 0 Å². The van der Waals surface area contributed by atoms with Crippen LogP contribution in [0.15, 0.2) is 18.2 Å². The quantitative estimate of drug-likeness (QED) is 0.823. The number of amides is 1. The van der Waals surface area contributed by atoms with E-state index in [-0.39, 0.29) is 5.91 Å². The Morgan fingerprint density at radius 3 is 2.74 bits per heavy atom. The number of rotatable bonds is 6. The zero-order chi connectivity index (χ0) is 13.7. The summed E-state index contributed by atoms with van der Waals surface area (Å²) < 4.78 is 0. The smallest absolute Gasteiger partial charge is 0.251 e. The monoisotopic (exact) mass is 260 g/mol. The van der Waals surface area contributed by atoms with Gasteiger partial charge in [0.05, 0.1) is 0 Å². The van der Waals surface area contributed by atoms with Gasteiger partial charge >= 0.3 is 0 Å². The molecule has 1 aromatic carbocycles. The van der Waals surface area contributed by atoms with Crippen LogP contribution in [0.3, 0.4) is 0 Å². The maximum atomic E-state index is 12.1. The first kappa shape index (κ1) is 13.9. The molecular formula is C16H24N2O. The number of hydrogen-bond acceptors (Lipinski definition) is 2. The maximum Gasteiger partial charge on any atom is 0.251 e. The molecule has 1 aliphatic carbocycles. The fourth-order valence-corrected chi connectivity index (χ4v) is 2.50. The molecule has 19 heavy (non-hydrogen) atoms. The maximum absolute atomic E-state index is 12.1. The minimum atomic E-state index is 0.0554. The molecule has 0 saturated heterocycles. The van der Waals surface area contributed by atoms with Crippen molar-refractivity contribution >= 4 is 11.6 Å². The van der Waals surface area contributed by atoms with Crippen molar-refractivity contribution in [1.29, 1.82) is 0 Å². The van der Waals surface area contributed by atoms with Crippen LogP contribution in [-0.4, -0.2) is 19.0 Å².